The van der Waals surface area contributed by atoms with Crippen LogP contribution in [0, 0.1) is 5.92 Å². The number of carbonyl (C=O) groups is 1. The van der Waals surface area contributed by atoms with Gasteiger partial charge in [0, 0.05) is 24.0 Å². The van der Waals surface area contributed by atoms with Gasteiger partial charge in [-0.3, -0.25) is 4.79 Å². The highest BCUT2D eigenvalue weighted by atomic mass is 35.5. The molecule has 0 amide bonds. The minimum atomic E-state index is 0.0264. The molecular weight excluding hydrogens is 272 g/mol. The molecule has 20 heavy (non-hydrogen) atoms. The third kappa shape index (κ3) is 3.07. The second kappa shape index (κ2) is 5.87. The van der Waals surface area contributed by atoms with Crippen LogP contribution >= 0.6 is 11.6 Å². The van der Waals surface area contributed by atoms with E-state index in [2.05, 4.69) is 0 Å². The van der Waals surface area contributed by atoms with Gasteiger partial charge in [-0.1, -0.05) is 36.6 Å². The number of halogens is 1. The molecule has 1 aliphatic heterocycles. The van der Waals surface area contributed by atoms with Gasteiger partial charge in [-0.15, -0.1) is 0 Å². The summed E-state index contributed by atoms with van der Waals surface area (Å²) in [6.45, 7) is 0.747. The van der Waals surface area contributed by atoms with E-state index in [1.54, 1.807) is 0 Å². The molecule has 1 spiro atoms. The highest BCUT2D eigenvalue weighted by Gasteiger charge is 2.41. The first-order valence-electron chi connectivity index (χ1n) is 7.58. The lowest BCUT2D eigenvalue weighted by Gasteiger charge is -2.37. The molecule has 1 heterocycles. The first-order chi connectivity index (χ1) is 9.67. The zero-order valence-corrected chi connectivity index (χ0v) is 12.5. The zero-order chi connectivity index (χ0) is 14.0. The van der Waals surface area contributed by atoms with E-state index in [4.69, 9.17) is 16.3 Å². The number of Topliss-reactive ketones (excluding diaryl/α,β-unsaturated/α-hetero) is 1. The van der Waals surface area contributed by atoms with E-state index in [-0.39, 0.29) is 11.5 Å². The van der Waals surface area contributed by atoms with E-state index in [0.29, 0.717) is 12.2 Å². The third-order valence-corrected chi connectivity index (χ3v) is 5.01. The van der Waals surface area contributed by atoms with Gasteiger partial charge in [-0.25, -0.2) is 0 Å². The smallest absolute Gasteiger partial charge is 0.140 e. The Labute approximate surface area is 125 Å². The van der Waals surface area contributed by atoms with Crippen molar-refractivity contribution in [2.24, 2.45) is 5.92 Å². The van der Waals surface area contributed by atoms with Crippen molar-refractivity contribution in [3.8, 4) is 0 Å². The molecule has 1 saturated heterocycles. The number of ketones is 1. The summed E-state index contributed by atoms with van der Waals surface area (Å²) >= 11 is 5.88. The average molecular weight is 293 g/mol. The molecule has 2 nitrogen and oxygen atoms in total. The van der Waals surface area contributed by atoms with Gasteiger partial charge in [-0.2, -0.15) is 0 Å². The second-order valence-corrected chi connectivity index (χ2v) is 6.63. The van der Waals surface area contributed by atoms with Crippen molar-refractivity contribution in [3.05, 3.63) is 34.9 Å². The van der Waals surface area contributed by atoms with Gasteiger partial charge < -0.3 is 4.74 Å². The van der Waals surface area contributed by atoms with Gasteiger partial charge >= 0.3 is 0 Å². The van der Waals surface area contributed by atoms with Crippen LogP contribution < -0.4 is 0 Å². The van der Waals surface area contributed by atoms with Crippen molar-refractivity contribution in [1.29, 1.82) is 0 Å². The van der Waals surface area contributed by atoms with Crippen LogP contribution in [-0.4, -0.2) is 18.0 Å². The molecule has 1 saturated carbocycles. The Morgan fingerprint density at radius 1 is 1.25 bits per heavy atom. The summed E-state index contributed by atoms with van der Waals surface area (Å²) in [6.07, 6.45) is 7.11. The van der Waals surface area contributed by atoms with Gasteiger partial charge in [-0.05, 0) is 43.4 Å². The molecule has 3 heteroatoms. The number of carbonyl (C=O) groups excluding carboxylic acids is 1. The first-order valence-corrected chi connectivity index (χ1v) is 7.96. The summed E-state index contributed by atoms with van der Waals surface area (Å²) in [6, 6.07) is 7.61. The Morgan fingerprint density at radius 2 is 1.95 bits per heavy atom. The molecule has 2 fully saturated rings. The van der Waals surface area contributed by atoms with E-state index in [1.165, 1.54) is 12.8 Å². The van der Waals surface area contributed by atoms with Crippen molar-refractivity contribution in [1.82, 2.24) is 0 Å². The van der Waals surface area contributed by atoms with Crippen LogP contribution in [-0.2, 0) is 16.0 Å². The van der Waals surface area contributed by atoms with E-state index < -0.39 is 0 Å². The van der Waals surface area contributed by atoms with E-state index in [1.807, 2.05) is 24.3 Å². The van der Waals surface area contributed by atoms with Gasteiger partial charge in [0.1, 0.15) is 5.78 Å². The molecule has 1 aromatic carbocycles. The maximum atomic E-state index is 12.5. The van der Waals surface area contributed by atoms with Gasteiger partial charge in [0.15, 0.2) is 0 Å². The molecule has 0 bridgehead atoms. The van der Waals surface area contributed by atoms with Gasteiger partial charge in [0.2, 0.25) is 0 Å². The quantitative estimate of drug-likeness (QED) is 0.835. The average Bonchev–Trinajstić information content (AvgIpc) is 2.89. The van der Waals surface area contributed by atoms with Crippen LogP contribution in [0.5, 0.6) is 0 Å². The Balaban J connectivity index is 1.63. The molecule has 108 valence electrons. The van der Waals surface area contributed by atoms with E-state index in [0.717, 1.165) is 42.9 Å². The van der Waals surface area contributed by atoms with Crippen LogP contribution in [0.2, 0.25) is 5.02 Å². The standard InChI is InChI=1S/C17H21ClO2/c18-15-5-3-13(4-6-15)11-16(19)14-7-10-20-17(12-14)8-1-2-9-17/h3-6,14H,1-2,7-12H2. The highest BCUT2D eigenvalue weighted by Crippen LogP contribution is 2.42. The number of hydrogen-bond donors (Lipinski definition) is 0. The lowest BCUT2D eigenvalue weighted by atomic mass is 9.81. The monoisotopic (exact) mass is 292 g/mol. The van der Waals surface area contributed by atoms with Gasteiger partial charge in [0.05, 0.1) is 5.60 Å². The molecule has 1 aliphatic carbocycles. The highest BCUT2D eigenvalue weighted by molar-refractivity contribution is 6.30. The molecule has 3 rings (SSSR count). The molecule has 0 radical (unpaired) electrons. The number of rotatable bonds is 3. The lowest BCUT2D eigenvalue weighted by molar-refractivity contribution is -0.135. The summed E-state index contributed by atoms with van der Waals surface area (Å²) in [5, 5.41) is 0.720. The maximum Gasteiger partial charge on any atom is 0.140 e. The predicted octanol–water partition coefficient (Wildman–Crippen LogP) is 4.19. The van der Waals surface area contributed by atoms with Crippen LogP contribution in [0.1, 0.15) is 44.1 Å². The van der Waals surface area contributed by atoms with Crippen LogP contribution in [0.4, 0.5) is 0 Å². The zero-order valence-electron chi connectivity index (χ0n) is 11.7. The van der Waals surface area contributed by atoms with E-state index >= 15 is 0 Å². The number of hydrogen-bond acceptors (Lipinski definition) is 2. The number of benzene rings is 1. The normalized spacial score (nSPS) is 24.9. The summed E-state index contributed by atoms with van der Waals surface area (Å²) in [7, 11) is 0. The summed E-state index contributed by atoms with van der Waals surface area (Å²) in [4.78, 5) is 12.5. The van der Waals surface area contributed by atoms with Crippen molar-refractivity contribution < 1.29 is 9.53 Å². The lowest BCUT2D eigenvalue weighted by Crippen LogP contribution is -2.40. The van der Waals surface area contributed by atoms with Crippen LogP contribution in [0.3, 0.4) is 0 Å². The maximum absolute atomic E-state index is 12.5. The minimum Gasteiger partial charge on any atom is -0.375 e. The summed E-state index contributed by atoms with van der Waals surface area (Å²) < 4.78 is 6.00. The molecule has 1 unspecified atom stereocenters. The fourth-order valence-electron chi connectivity index (χ4n) is 3.62. The number of ether oxygens (including phenoxy) is 1. The van der Waals surface area contributed by atoms with Gasteiger partial charge in [0.25, 0.3) is 0 Å². The van der Waals surface area contributed by atoms with Crippen LogP contribution in [0.25, 0.3) is 0 Å². The fraction of sp³-hybridized carbons (Fsp3) is 0.588. The van der Waals surface area contributed by atoms with Crippen LogP contribution in [0.15, 0.2) is 24.3 Å². The molecule has 0 aromatic heterocycles. The van der Waals surface area contributed by atoms with Crippen molar-refractivity contribution in [2.45, 2.75) is 50.5 Å². The SMILES string of the molecule is O=C(Cc1ccc(Cl)cc1)C1CCOC2(CCCC2)C1. The summed E-state index contributed by atoms with van der Waals surface area (Å²) in [5.41, 5.74) is 1.09. The molecule has 0 N–H and O–H groups in total. The molecule has 1 aromatic rings. The fourth-order valence-corrected chi connectivity index (χ4v) is 3.74. The summed E-state index contributed by atoms with van der Waals surface area (Å²) in [5.74, 6) is 0.541. The molecule has 2 aliphatic rings. The topological polar surface area (TPSA) is 26.3 Å². The second-order valence-electron chi connectivity index (χ2n) is 6.20. The predicted molar refractivity (Wildman–Crippen MR) is 80.0 cm³/mol. The van der Waals surface area contributed by atoms with Crippen molar-refractivity contribution in [3.63, 3.8) is 0 Å². The third-order valence-electron chi connectivity index (χ3n) is 4.75. The first kappa shape index (κ1) is 14.1. The van der Waals surface area contributed by atoms with Crippen molar-refractivity contribution >= 4 is 17.4 Å². The van der Waals surface area contributed by atoms with Crippen molar-refractivity contribution in [2.75, 3.05) is 6.61 Å². The Bertz CT molecular complexity index is 474. The Hall–Kier alpha value is -0.860. The van der Waals surface area contributed by atoms with E-state index in [9.17, 15) is 4.79 Å². The Kier molecular flexibility index (Phi) is 4.13. The molecular formula is C17H21ClO2. The minimum absolute atomic E-state index is 0.0264. The Morgan fingerprint density at radius 3 is 2.65 bits per heavy atom. The largest absolute Gasteiger partial charge is 0.375 e. The molecule has 1 atom stereocenters.